The molecule has 0 heterocycles. The second-order valence-corrected chi connectivity index (χ2v) is 5.26. The molecule has 0 heteroatoms. The van der Waals surface area contributed by atoms with Crippen LogP contribution in [0.4, 0.5) is 0 Å². The predicted molar refractivity (Wildman–Crippen MR) is 77.8 cm³/mol. The number of hydrogen-bond donors (Lipinski definition) is 0. The lowest BCUT2D eigenvalue weighted by atomic mass is 9.94. The van der Waals surface area contributed by atoms with Crippen LogP contribution in [0, 0.1) is 13.8 Å². The van der Waals surface area contributed by atoms with Gasteiger partial charge in [-0.05, 0) is 55.4 Å². The normalized spacial score (nSPS) is 10.8. The number of aryl methyl sites for hydroxylation is 3. The lowest BCUT2D eigenvalue weighted by Crippen LogP contribution is -1.96. The minimum atomic E-state index is 1.23. The van der Waals surface area contributed by atoms with Gasteiger partial charge in [-0.15, -0.1) is 0 Å². The summed E-state index contributed by atoms with van der Waals surface area (Å²) < 4.78 is 0. The fourth-order valence-corrected chi connectivity index (χ4v) is 2.45. The second-order valence-electron chi connectivity index (χ2n) is 5.26. The van der Waals surface area contributed by atoms with Crippen molar-refractivity contribution in [1.29, 1.82) is 0 Å². The van der Waals surface area contributed by atoms with Gasteiger partial charge in [0.1, 0.15) is 0 Å². The van der Waals surface area contributed by atoms with Crippen LogP contribution in [0.5, 0.6) is 0 Å². The third-order valence-electron chi connectivity index (χ3n) is 3.67. The van der Waals surface area contributed by atoms with E-state index in [1.54, 1.807) is 5.56 Å². The molecule has 0 N–H and O–H groups in total. The standard InChI is InChI=1S/C17H28/c1-5-7-8-9-11-17-13-16(10-6-2)12-14(3)15(17)4/h12-13H,5-11H2,1-4H3. The number of rotatable bonds is 7. The van der Waals surface area contributed by atoms with Crippen molar-refractivity contribution in [1.82, 2.24) is 0 Å². The molecule has 0 amide bonds. The van der Waals surface area contributed by atoms with Crippen molar-refractivity contribution in [2.75, 3.05) is 0 Å². The van der Waals surface area contributed by atoms with Crippen LogP contribution < -0.4 is 0 Å². The zero-order chi connectivity index (χ0) is 12.7. The van der Waals surface area contributed by atoms with Crippen LogP contribution >= 0.6 is 0 Å². The van der Waals surface area contributed by atoms with Crippen molar-refractivity contribution in [2.45, 2.75) is 72.6 Å². The highest BCUT2D eigenvalue weighted by Crippen LogP contribution is 2.20. The Balaban J connectivity index is 2.68. The number of hydrogen-bond acceptors (Lipinski definition) is 0. The Kier molecular flexibility index (Phi) is 6.32. The first-order chi connectivity index (χ1) is 8.19. The Morgan fingerprint density at radius 2 is 1.59 bits per heavy atom. The lowest BCUT2D eigenvalue weighted by Gasteiger charge is -2.12. The van der Waals surface area contributed by atoms with Crippen molar-refractivity contribution < 1.29 is 0 Å². The molecule has 17 heavy (non-hydrogen) atoms. The molecule has 0 aliphatic rings. The molecule has 0 nitrogen and oxygen atoms in total. The summed E-state index contributed by atoms with van der Waals surface area (Å²) in [6, 6.07) is 4.81. The summed E-state index contributed by atoms with van der Waals surface area (Å²) >= 11 is 0. The minimum Gasteiger partial charge on any atom is -0.0654 e. The van der Waals surface area contributed by atoms with E-state index >= 15 is 0 Å². The Morgan fingerprint density at radius 3 is 2.24 bits per heavy atom. The maximum Gasteiger partial charge on any atom is -0.0276 e. The maximum absolute atomic E-state index is 2.44. The smallest absolute Gasteiger partial charge is 0.0276 e. The van der Waals surface area contributed by atoms with E-state index in [0.717, 1.165) is 0 Å². The minimum absolute atomic E-state index is 1.23. The Bertz CT molecular complexity index is 336. The molecule has 0 bridgehead atoms. The van der Waals surface area contributed by atoms with Crippen LogP contribution in [0.1, 0.15) is 68.2 Å². The fourth-order valence-electron chi connectivity index (χ4n) is 2.45. The molecule has 96 valence electrons. The van der Waals surface area contributed by atoms with E-state index in [4.69, 9.17) is 0 Å². The van der Waals surface area contributed by atoms with Gasteiger partial charge >= 0.3 is 0 Å². The first-order valence-electron chi connectivity index (χ1n) is 7.28. The summed E-state index contributed by atoms with van der Waals surface area (Å²) in [6.45, 7) is 9.07. The van der Waals surface area contributed by atoms with Gasteiger partial charge in [0.25, 0.3) is 0 Å². The van der Waals surface area contributed by atoms with Crippen LogP contribution in [-0.2, 0) is 12.8 Å². The molecule has 0 aliphatic carbocycles. The van der Waals surface area contributed by atoms with Crippen molar-refractivity contribution in [3.05, 3.63) is 34.4 Å². The van der Waals surface area contributed by atoms with Gasteiger partial charge in [0.2, 0.25) is 0 Å². The maximum atomic E-state index is 2.44. The highest BCUT2D eigenvalue weighted by Gasteiger charge is 2.04. The Labute approximate surface area is 107 Å². The molecule has 0 unspecified atom stereocenters. The van der Waals surface area contributed by atoms with Gasteiger partial charge in [0.05, 0.1) is 0 Å². The van der Waals surface area contributed by atoms with Crippen LogP contribution in [0.2, 0.25) is 0 Å². The molecule has 0 aliphatic heterocycles. The molecule has 0 atom stereocenters. The van der Waals surface area contributed by atoms with Gasteiger partial charge in [0.15, 0.2) is 0 Å². The summed E-state index contributed by atoms with van der Waals surface area (Å²) in [5.41, 5.74) is 6.11. The van der Waals surface area contributed by atoms with Crippen LogP contribution in [0.3, 0.4) is 0 Å². The van der Waals surface area contributed by atoms with Crippen molar-refractivity contribution >= 4 is 0 Å². The van der Waals surface area contributed by atoms with Gasteiger partial charge < -0.3 is 0 Å². The SMILES string of the molecule is CCCCCCc1cc(CCC)cc(C)c1C. The van der Waals surface area contributed by atoms with Gasteiger partial charge in [0, 0.05) is 0 Å². The van der Waals surface area contributed by atoms with E-state index in [9.17, 15) is 0 Å². The zero-order valence-electron chi connectivity index (χ0n) is 12.1. The second kappa shape index (κ2) is 7.53. The number of benzene rings is 1. The molecule has 1 aromatic rings. The highest BCUT2D eigenvalue weighted by atomic mass is 14.1. The Hall–Kier alpha value is -0.780. The topological polar surface area (TPSA) is 0 Å². The zero-order valence-corrected chi connectivity index (χ0v) is 12.1. The summed E-state index contributed by atoms with van der Waals surface area (Å²) in [7, 11) is 0. The van der Waals surface area contributed by atoms with E-state index in [-0.39, 0.29) is 0 Å². The summed E-state index contributed by atoms with van der Waals surface area (Å²) in [4.78, 5) is 0. The average Bonchev–Trinajstić information content (AvgIpc) is 2.31. The molecular weight excluding hydrogens is 204 g/mol. The average molecular weight is 232 g/mol. The lowest BCUT2D eigenvalue weighted by molar-refractivity contribution is 0.665. The van der Waals surface area contributed by atoms with E-state index < -0.39 is 0 Å². The van der Waals surface area contributed by atoms with Crippen LogP contribution in [0.15, 0.2) is 12.1 Å². The third kappa shape index (κ3) is 4.53. The van der Waals surface area contributed by atoms with Gasteiger partial charge in [-0.25, -0.2) is 0 Å². The third-order valence-corrected chi connectivity index (χ3v) is 3.67. The molecule has 1 aromatic carbocycles. The van der Waals surface area contributed by atoms with E-state index in [1.165, 1.54) is 61.6 Å². The fraction of sp³-hybridized carbons (Fsp3) is 0.647. The Morgan fingerprint density at radius 1 is 0.824 bits per heavy atom. The first-order valence-corrected chi connectivity index (χ1v) is 7.28. The molecule has 0 aromatic heterocycles. The van der Waals surface area contributed by atoms with Gasteiger partial charge in [-0.3, -0.25) is 0 Å². The monoisotopic (exact) mass is 232 g/mol. The van der Waals surface area contributed by atoms with E-state index in [1.807, 2.05) is 0 Å². The molecule has 0 spiro atoms. The summed E-state index contributed by atoms with van der Waals surface area (Å²) in [6.07, 6.45) is 9.18. The van der Waals surface area contributed by atoms with Crippen molar-refractivity contribution in [3.8, 4) is 0 Å². The molecule has 0 saturated heterocycles. The number of unbranched alkanes of at least 4 members (excludes halogenated alkanes) is 3. The molecular formula is C17H28. The molecule has 0 fully saturated rings. The quantitative estimate of drug-likeness (QED) is 0.554. The van der Waals surface area contributed by atoms with Crippen molar-refractivity contribution in [3.63, 3.8) is 0 Å². The summed E-state index contributed by atoms with van der Waals surface area (Å²) in [5.74, 6) is 0. The molecule has 0 radical (unpaired) electrons. The first kappa shape index (κ1) is 14.3. The van der Waals surface area contributed by atoms with E-state index in [2.05, 4.69) is 39.8 Å². The van der Waals surface area contributed by atoms with Gasteiger partial charge in [-0.1, -0.05) is 51.7 Å². The van der Waals surface area contributed by atoms with Crippen LogP contribution in [0.25, 0.3) is 0 Å². The van der Waals surface area contributed by atoms with Crippen LogP contribution in [-0.4, -0.2) is 0 Å². The highest BCUT2D eigenvalue weighted by molar-refractivity contribution is 5.37. The van der Waals surface area contributed by atoms with E-state index in [0.29, 0.717) is 0 Å². The molecule has 0 saturated carbocycles. The summed E-state index contributed by atoms with van der Waals surface area (Å²) in [5, 5.41) is 0. The van der Waals surface area contributed by atoms with Gasteiger partial charge in [-0.2, -0.15) is 0 Å². The van der Waals surface area contributed by atoms with Crippen molar-refractivity contribution in [2.24, 2.45) is 0 Å². The largest absolute Gasteiger partial charge is 0.0654 e. The molecule has 1 rings (SSSR count). The predicted octanol–water partition coefficient (Wildman–Crippen LogP) is 5.38.